The van der Waals surface area contributed by atoms with Crippen LogP contribution in [0.2, 0.25) is 5.02 Å². The highest BCUT2D eigenvalue weighted by atomic mass is 35.5. The van der Waals surface area contributed by atoms with Crippen molar-refractivity contribution in [1.29, 1.82) is 0 Å². The zero-order valence-corrected chi connectivity index (χ0v) is 22.8. The van der Waals surface area contributed by atoms with E-state index in [0.717, 1.165) is 43.6 Å². The van der Waals surface area contributed by atoms with Crippen molar-refractivity contribution in [2.24, 2.45) is 5.92 Å². The molecule has 2 aliphatic heterocycles. The monoisotopic (exact) mass is 555 g/mol. The van der Waals surface area contributed by atoms with Gasteiger partial charge in [-0.15, -0.1) is 12.4 Å². The molecule has 1 aromatic heterocycles. The summed E-state index contributed by atoms with van der Waals surface area (Å²) in [6.07, 6.45) is 3.75. The Labute approximate surface area is 233 Å². The molecule has 10 heteroatoms. The zero-order valence-electron chi connectivity index (χ0n) is 21.3. The summed E-state index contributed by atoms with van der Waals surface area (Å²) in [5.41, 5.74) is 6.50. The SMILES string of the molecule is COCc1cc(N2CCc3c(C(=O)NCC4CC4)nn(-c4cccc(Cl)c4)c3C2=O)cc2c1CCNC2.Cl. The van der Waals surface area contributed by atoms with E-state index in [-0.39, 0.29) is 24.2 Å². The van der Waals surface area contributed by atoms with Crippen LogP contribution in [0.5, 0.6) is 0 Å². The van der Waals surface area contributed by atoms with Crippen LogP contribution in [0.3, 0.4) is 0 Å². The number of benzene rings is 2. The van der Waals surface area contributed by atoms with Crippen molar-refractivity contribution in [2.75, 3.05) is 31.6 Å². The molecule has 2 aromatic carbocycles. The van der Waals surface area contributed by atoms with Gasteiger partial charge in [0.25, 0.3) is 11.8 Å². The van der Waals surface area contributed by atoms with Crippen molar-refractivity contribution in [3.8, 4) is 5.69 Å². The Balaban J connectivity index is 0.00000294. The van der Waals surface area contributed by atoms with Crippen LogP contribution >= 0.6 is 24.0 Å². The van der Waals surface area contributed by atoms with Crippen LogP contribution in [0.1, 0.15) is 56.1 Å². The number of carbonyl (C=O) groups excluding carboxylic acids is 2. The van der Waals surface area contributed by atoms with Crippen molar-refractivity contribution >= 4 is 41.5 Å². The molecule has 0 atom stereocenters. The molecule has 0 spiro atoms. The number of hydrogen-bond donors (Lipinski definition) is 2. The molecule has 1 fully saturated rings. The van der Waals surface area contributed by atoms with E-state index in [1.807, 2.05) is 12.1 Å². The van der Waals surface area contributed by atoms with E-state index in [1.54, 1.807) is 28.8 Å². The van der Waals surface area contributed by atoms with E-state index in [2.05, 4.69) is 27.9 Å². The molecule has 1 aliphatic carbocycles. The predicted molar refractivity (Wildman–Crippen MR) is 149 cm³/mol. The largest absolute Gasteiger partial charge is 0.380 e. The van der Waals surface area contributed by atoms with Crippen LogP contribution < -0.4 is 15.5 Å². The average molecular weight is 556 g/mol. The number of methoxy groups -OCH3 is 1. The minimum absolute atomic E-state index is 0. The minimum Gasteiger partial charge on any atom is -0.380 e. The molecule has 8 nitrogen and oxygen atoms in total. The number of ether oxygens (including phenoxy) is 1. The van der Waals surface area contributed by atoms with Crippen LogP contribution in [-0.2, 0) is 30.7 Å². The van der Waals surface area contributed by atoms with Crippen molar-refractivity contribution in [1.82, 2.24) is 20.4 Å². The number of rotatable bonds is 7. The molecule has 0 bridgehead atoms. The normalized spacial score (nSPS) is 16.5. The van der Waals surface area contributed by atoms with Crippen LogP contribution in [-0.4, -0.2) is 48.3 Å². The van der Waals surface area contributed by atoms with Crippen molar-refractivity contribution in [3.63, 3.8) is 0 Å². The summed E-state index contributed by atoms with van der Waals surface area (Å²) in [6, 6.07) is 11.4. The number of hydrogen-bond acceptors (Lipinski definition) is 5. The Kier molecular flexibility index (Phi) is 7.77. The first-order chi connectivity index (χ1) is 18.0. The molecule has 38 heavy (non-hydrogen) atoms. The first-order valence-electron chi connectivity index (χ1n) is 12.9. The fourth-order valence-corrected chi connectivity index (χ4v) is 5.55. The molecule has 6 rings (SSSR count). The molecule has 2 amide bonds. The summed E-state index contributed by atoms with van der Waals surface area (Å²) in [7, 11) is 1.69. The number of aromatic nitrogens is 2. The van der Waals surface area contributed by atoms with Gasteiger partial charge < -0.3 is 20.3 Å². The second-order valence-corrected chi connectivity index (χ2v) is 10.5. The quantitative estimate of drug-likeness (QED) is 0.458. The highest BCUT2D eigenvalue weighted by Crippen LogP contribution is 2.33. The molecule has 200 valence electrons. The van der Waals surface area contributed by atoms with Gasteiger partial charge in [-0.05, 0) is 85.2 Å². The lowest BCUT2D eigenvalue weighted by Crippen LogP contribution is -2.39. The maximum absolute atomic E-state index is 14.1. The molecule has 1 saturated carbocycles. The summed E-state index contributed by atoms with van der Waals surface area (Å²) in [5.74, 6) is 0.140. The molecule has 2 N–H and O–H groups in total. The number of halogens is 2. The van der Waals surface area contributed by atoms with Gasteiger partial charge in [-0.1, -0.05) is 17.7 Å². The molecular formula is C28H31Cl2N5O3. The van der Waals surface area contributed by atoms with Gasteiger partial charge in [0.1, 0.15) is 5.69 Å². The summed E-state index contributed by atoms with van der Waals surface area (Å²) in [5, 5.41) is 11.6. The minimum atomic E-state index is -0.229. The fraction of sp³-hybridized carbons (Fsp3) is 0.393. The van der Waals surface area contributed by atoms with Crippen LogP contribution in [0.25, 0.3) is 5.69 Å². The third-order valence-corrected chi connectivity index (χ3v) is 7.67. The number of fused-ring (bicyclic) bond motifs is 2. The highest BCUT2D eigenvalue weighted by molar-refractivity contribution is 6.30. The van der Waals surface area contributed by atoms with E-state index >= 15 is 0 Å². The molecule has 0 saturated heterocycles. The molecule has 3 aromatic rings. The second kappa shape index (κ2) is 11.1. The third-order valence-electron chi connectivity index (χ3n) is 7.43. The number of carbonyl (C=O) groups is 2. The lowest BCUT2D eigenvalue weighted by molar-refractivity contribution is 0.0945. The number of nitrogens with one attached hydrogen (secondary N) is 2. The van der Waals surface area contributed by atoms with E-state index in [9.17, 15) is 9.59 Å². The van der Waals surface area contributed by atoms with Crippen LogP contribution in [0, 0.1) is 5.92 Å². The van der Waals surface area contributed by atoms with Gasteiger partial charge in [0.05, 0.1) is 12.3 Å². The van der Waals surface area contributed by atoms with Crippen LogP contribution in [0.15, 0.2) is 36.4 Å². The summed E-state index contributed by atoms with van der Waals surface area (Å²) in [6.45, 7) is 3.30. The average Bonchev–Trinajstić information content (AvgIpc) is 3.65. The van der Waals surface area contributed by atoms with Crippen molar-refractivity contribution < 1.29 is 14.3 Å². The van der Waals surface area contributed by atoms with Crippen LogP contribution in [0.4, 0.5) is 5.69 Å². The first-order valence-corrected chi connectivity index (χ1v) is 13.2. The Morgan fingerprint density at radius 1 is 1.18 bits per heavy atom. The maximum atomic E-state index is 14.1. The zero-order chi connectivity index (χ0) is 25.5. The highest BCUT2D eigenvalue weighted by Gasteiger charge is 2.36. The van der Waals surface area contributed by atoms with Gasteiger partial charge in [0.15, 0.2) is 5.69 Å². The Hall–Kier alpha value is -2.91. The predicted octanol–water partition coefficient (Wildman–Crippen LogP) is 4.08. The summed E-state index contributed by atoms with van der Waals surface area (Å²) >= 11 is 6.28. The van der Waals surface area contributed by atoms with Crippen molar-refractivity contribution in [3.05, 3.63) is 75.1 Å². The first kappa shape index (κ1) is 26.7. The van der Waals surface area contributed by atoms with Gasteiger partial charge in [-0.3, -0.25) is 9.59 Å². The maximum Gasteiger partial charge on any atom is 0.277 e. The topological polar surface area (TPSA) is 88.5 Å². The number of nitrogens with zero attached hydrogens (tertiary/aromatic N) is 3. The lowest BCUT2D eigenvalue weighted by Gasteiger charge is -2.30. The van der Waals surface area contributed by atoms with Gasteiger partial charge >= 0.3 is 0 Å². The summed E-state index contributed by atoms with van der Waals surface area (Å²) < 4.78 is 7.07. The number of anilines is 1. The smallest absolute Gasteiger partial charge is 0.277 e. The summed E-state index contributed by atoms with van der Waals surface area (Å²) in [4.78, 5) is 29.0. The Morgan fingerprint density at radius 3 is 2.79 bits per heavy atom. The van der Waals surface area contributed by atoms with E-state index in [0.29, 0.717) is 59.7 Å². The Bertz CT molecular complexity index is 1390. The molecule has 0 unspecified atom stereocenters. The van der Waals surface area contributed by atoms with Gasteiger partial charge in [0.2, 0.25) is 0 Å². The van der Waals surface area contributed by atoms with Gasteiger partial charge in [-0.25, -0.2) is 4.68 Å². The second-order valence-electron chi connectivity index (χ2n) is 10.0. The Morgan fingerprint density at radius 2 is 2.03 bits per heavy atom. The fourth-order valence-electron chi connectivity index (χ4n) is 5.36. The lowest BCUT2D eigenvalue weighted by atomic mass is 9.93. The molecule has 3 heterocycles. The third kappa shape index (κ3) is 5.06. The number of amides is 2. The van der Waals surface area contributed by atoms with E-state index in [4.69, 9.17) is 16.3 Å². The molecule has 0 radical (unpaired) electrons. The van der Waals surface area contributed by atoms with E-state index < -0.39 is 0 Å². The van der Waals surface area contributed by atoms with Gasteiger partial charge in [0, 0.05) is 43.0 Å². The van der Waals surface area contributed by atoms with Crippen molar-refractivity contribution in [2.45, 2.75) is 38.8 Å². The molecular weight excluding hydrogens is 525 g/mol. The van der Waals surface area contributed by atoms with E-state index in [1.165, 1.54) is 11.1 Å². The van der Waals surface area contributed by atoms with Gasteiger partial charge in [-0.2, -0.15) is 5.10 Å². The molecule has 3 aliphatic rings. The standard InChI is InChI=1S/C28H30ClN5O3.ClH/c1-37-16-19-12-22(11-18-15-30-9-7-23(18)19)33-10-8-24-25(27(35)31-14-17-5-6-17)32-34(26(24)28(33)36)21-4-2-3-20(29)13-21;/h2-4,11-13,17,30H,5-10,14-16H2,1H3,(H,31,35);1H.